The number of methoxy groups -OCH3 is 1. The zero-order valence-corrected chi connectivity index (χ0v) is 20.2. The molecular formula is C25H30FN4O3S+. The Morgan fingerprint density at radius 3 is 2.56 bits per heavy atom. The lowest BCUT2D eigenvalue weighted by Crippen LogP contribution is -3.15. The molecule has 1 fully saturated rings. The van der Waals surface area contributed by atoms with Crippen LogP contribution in [0.15, 0.2) is 71.9 Å². The molecule has 1 unspecified atom stereocenters. The van der Waals surface area contributed by atoms with Crippen molar-refractivity contribution in [3.05, 3.63) is 83.9 Å². The van der Waals surface area contributed by atoms with Gasteiger partial charge in [0, 0.05) is 18.0 Å². The first-order valence-electron chi connectivity index (χ1n) is 11.3. The lowest BCUT2D eigenvalue weighted by molar-refractivity contribution is -0.930. The van der Waals surface area contributed by atoms with Crippen molar-refractivity contribution >= 4 is 15.7 Å². The van der Waals surface area contributed by atoms with E-state index in [0.29, 0.717) is 24.5 Å². The van der Waals surface area contributed by atoms with E-state index in [1.165, 1.54) is 11.0 Å². The van der Waals surface area contributed by atoms with Gasteiger partial charge in [-0.1, -0.05) is 12.1 Å². The van der Waals surface area contributed by atoms with Crippen molar-refractivity contribution in [3.63, 3.8) is 0 Å². The summed E-state index contributed by atoms with van der Waals surface area (Å²) < 4.78 is 48.4. The molecule has 1 aliphatic rings. The van der Waals surface area contributed by atoms with Crippen LogP contribution >= 0.6 is 0 Å². The average Bonchev–Trinajstić information content (AvgIpc) is 2.85. The van der Waals surface area contributed by atoms with Gasteiger partial charge in [-0.2, -0.15) is 0 Å². The highest BCUT2D eigenvalue weighted by Crippen LogP contribution is 2.22. The number of anilines is 1. The Morgan fingerprint density at radius 1 is 1.15 bits per heavy atom. The number of benzene rings is 2. The number of nitrogens with zero attached hydrogens (tertiary/aromatic N) is 2. The van der Waals surface area contributed by atoms with E-state index >= 15 is 0 Å². The highest BCUT2D eigenvalue weighted by molar-refractivity contribution is 7.89. The molecule has 0 spiro atoms. The number of piperazine rings is 1. The Labute approximate surface area is 200 Å². The van der Waals surface area contributed by atoms with Crippen LogP contribution in [0.3, 0.4) is 0 Å². The normalized spacial score (nSPS) is 15.8. The number of hydrogen-bond donors (Lipinski definition) is 2. The van der Waals surface area contributed by atoms with Gasteiger partial charge in [0.05, 0.1) is 50.4 Å². The molecule has 3 aromatic rings. The third kappa shape index (κ3) is 5.38. The minimum absolute atomic E-state index is 0.120. The zero-order valence-electron chi connectivity index (χ0n) is 19.4. The molecular weight excluding hydrogens is 455 g/mol. The fraction of sp³-hybridized carbons (Fsp3) is 0.320. The first-order valence-corrected chi connectivity index (χ1v) is 12.8. The van der Waals surface area contributed by atoms with E-state index in [2.05, 4.69) is 9.71 Å². The van der Waals surface area contributed by atoms with Crippen LogP contribution in [-0.2, 0) is 10.0 Å². The first-order chi connectivity index (χ1) is 16.4. The van der Waals surface area contributed by atoms with Gasteiger partial charge in [-0.25, -0.2) is 17.5 Å². The van der Waals surface area contributed by atoms with E-state index in [-0.39, 0.29) is 23.3 Å². The Kier molecular flexibility index (Phi) is 7.45. The van der Waals surface area contributed by atoms with Crippen LogP contribution in [-0.4, -0.2) is 53.2 Å². The number of pyridine rings is 1. The van der Waals surface area contributed by atoms with Gasteiger partial charge in [-0.3, -0.25) is 4.98 Å². The minimum Gasteiger partial charge on any atom is -0.496 e. The quantitative estimate of drug-likeness (QED) is 0.510. The maximum Gasteiger partial charge on any atom is 0.240 e. The lowest BCUT2D eigenvalue weighted by atomic mass is 10.1. The Bertz CT molecular complexity index is 1220. The molecule has 0 radical (unpaired) electrons. The van der Waals surface area contributed by atoms with E-state index in [4.69, 9.17) is 4.74 Å². The second-order valence-electron chi connectivity index (χ2n) is 8.42. The molecule has 0 aliphatic carbocycles. The van der Waals surface area contributed by atoms with E-state index in [1.54, 1.807) is 49.8 Å². The molecule has 0 bridgehead atoms. The summed E-state index contributed by atoms with van der Waals surface area (Å²) in [5, 5.41) is 0. The summed E-state index contributed by atoms with van der Waals surface area (Å²) in [6.45, 7) is 4.90. The second kappa shape index (κ2) is 10.5. The molecule has 4 rings (SSSR count). The van der Waals surface area contributed by atoms with Crippen LogP contribution in [0.25, 0.3) is 0 Å². The number of nitrogens with one attached hydrogen (secondary N) is 2. The Balaban J connectivity index is 1.49. The highest BCUT2D eigenvalue weighted by Gasteiger charge is 2.31. The fourth-order valence-electron chi connectivity index (χ4n) is 4.47. The molecule has 1 aromatic heterocycles. The Hall–Kier alpha value is -3.01. The topological polar surface area (TPSA) is 76.0 Å². The molecule has 9 heteroatoms. The molecule has 34 heavy (non-hydrogen) atoms. The number of halogens is 1. The molecule has 0 saturated carbocycles. The Morgan fingerprint density at radius 2 is 1.91 bits per heavy atom. The van der Waals surface area contributed by atoms with Crippen LogP contribution in [0.4, 0.5) is 10.1 Å². The molecule has 1 saturated heterocycles. The molecule has 7 nitrogen and oxygen atoms in total. The van der Waals surface area contributed by atoms with Crippen molar-refractivity contribution in [1.82, 2.24) is 9.71 Å². The molecule has 1 aliphatic heterocycles. The predicted octanol–water partition coefficient (Wildman–Crippen LogP) is 1.96. The van der Waals surface area contributed by atoms with Crippen molar-refractivity contribution in [1.29, 1.82) is 0 Å². The number of quaternary nitrogens is 1. The van der Waals surface area contributed by atoms with Crippen LogP contribution in [0.2, 0.25) is 0 Å². The predicted molar refractivity (Wildman–Crippen MR) is 129 cm³/mol. The van der Waals surface area contributed by atoms with E-state index < -0.39 is 10.0 Å². The van der Waals surface area contributed by atoms with Crippen LogP contribution in [0.1, 0.15) is 17.2 Å². The largest absolute Gasteiger partial charge is 0.496 e. The molecule has 1 atom stereocenters. The zero-order chi connectivity index (χ0) is 24.1. The highest BCUT2D eigenvalue weighted by atomic mass is 32.2. The summed E-state index contributed by atoms with van der Waals surface area (Å²) in [5.74, 6) is 0.418. The van der Waals surface area contributed by atoms with Crippen molar-refractivity contribution in [2.24, 2.45) is 0 Å². The maximum atomic E-state index is 14.2. The van der Waals surface area contributed by atoms with Gasteiger partial charge in [-0.05, 0) is 55.0 Å². The van der Waals surface area contributed by atoms with Crippen molar-refractivity contribution in [2.45, 2.75) is 17.9 Å². The molecule has 180 valence electrons. The van der Waals surface area contributed by atoms with Gasteiger partial charge in [0.1, 0.15) is 17.6 Å². The molecule has 2 N–H and O–H groups in total. The van der Waals surface area contributed by atoms with Crippen molar-refractivity contribution in [3.8, 4) is 5.75 Å². The van der Waals surface area contributed by atoms with Crippen LogP contribution < -0.4 is 19.3 Å². The summed E-state index contributed by atoms with van der Waals surface area (Å²) in [4.78, 5) is 7.72. The fourth-order valence-corrected chi connectivity index (χ4v) is 5.60. The summed E-state index contributed by atoms with van der Waals surface area (Å²) in [6, 6.07) is 15.3. The molecule has 0 amide bonds. The van der Waals surface area contributed by atoms with E-state index in [1.807, 2.05) is 30.0 Å². The van der Waals surface area contributed by atoms with Crippen molar-refractivity contribution in [2.75, 3.05) is 44.7 Å². The van der Waals surface area contributed by atoms with Crippen molar-refractivity contribution < 1.29 is 22.4 Å². The van der Waals surface area contributed by atoms with Gasteiger partial charge >= 0.3 is 0 Å². The number of aromatic nitrogens is 1. The SMILES string of the molecule is COc1ccc(S(=O)(=O)NCC(c2cccnc2)[NH+]2CCN(c3ccccc3F)CC2)cc1C. The summed E-state index contributed by atoms with van der Waals surface area (Å²) >= 11 is 0. The van der Waals surface area contributed by atoms with Gasteiger partial charge in [0.2, 0.25) is 10.0 Å². The third-order valence-corrected chi connectivity index (χ3v) is 7.75. The van der Waals surface area contributed by atoms with Gasteiger partial charge in [0.25, 0.3) is 0 Å². The summed E-state index contributed by atoms with van der Waals surface area (Å²) in [7, 11) is -2.15. The van der Waals surface area contributed by atoms with Crippen LogP contribution in [0, 0.1) is 12.7 Å². The number of hydrogen-bond acceptors (Lipinski definition) is 5. The third-order valence-electron chi connectivity index (χ3n) is 6.33. The second-order valence-corrected chi connectivity index (χ2v) is 10.2. The van der Waals surface area contributed by atoms with Gasteiger partial charge in [-0.15, -0.1) is 0 Å². The van der Waals surface area contributed by atoms with Gasteiger partial charge in [0.15, 0.2) is 0 Å². The van der Waals surface area contributed by atoms with E-state index in [9.17, 15) is 12.8 Å². The molecule has 2 aromatic carbocycles. The molecule has 2 heterocycles. The van der Waals surface area contributed by atoms with Gasteiger partial charge < -0.3 is 14.5 Å². The number of aryl methyl sites for hydroxylation is 1. The van der Waals surface area contributed by atoms with Crippen LogP contribution in [0.5, 0.6) is 5.75 Å². The smallest absolute Gasteiger partial charge is 0.240 e. The standard InChI is InChI=1S/C25H29FN4O3S/c1-19-16-21(9-10-25(19)33-2)34(31,32)28-18-24(20-6-5-11-27-17-20)30-14-12-29(13-15-30)23-8-4-3-7-22(23)26/h3-11,16-17,24,28H,12-15,18H2,1-2H3/p+1. The van der Waals surface area contributed by atoms with E-state index in [0.717, 1.165) is 24.2 Å². The first kappa shape index (κ1) is 24.1. The summed E-state index contributed by atoms with van der Waals surface area (Å²) in [5.41, 5.74) is 2.32. The minimum atomic E-state index is -3.71. The lowest BCUT2D eigenvalue weighted by Gasteiger charge is -2.37. The average molecular weight is 486 g/mol. The summed E-state index contributed by atoms with van der Waals surface area (Å²) in [6.07, 6.45) is 3.49. The maximum absolute atomic E-state index is 14.2. The number of ether oxygens (including phenoxy) is 1. The number of sulfonamides is 1. The monoisotopic (exact) mass is 485 g/mol. The number of para-hydroxylation sites is 1. The number of rotatable bonds is 8.